The van der Waals surface area contributed by atoms with E-state index in [1.54, 1.807) is 0 Å². The van der Waals surface area contributed by atoms with Gasteiger partial charge in [-0.05, 0) is 92.2 Å². The molecule has 0 saturated carbocycles. The van der Waals surface area contributed by atoms with Crippen molar-refractivity contribution in [3.8, 4) is 0 Å². The number of aliphatic imine (C=N–C) groups is 2. The zero-order valence-electron chi connectivity index (χ0n) is 19.8. The van der Waals surface area contributed by atoms with Crippen molar-refractivity contribution < 1.29 is 21.4 Å². The Hall–Kier alpha value is -2.64. The zero-order chi connectivity index (χ0) is 23.4. The lowest BCUT2D eigenvalue weighted by Gasteiger charge is -2.10. The van der Waals surface area contributed by atoms with E-state index in [4.69, 9.17) is 9.98 Å². The molecule has 2 aliphatic carbocycles. The van der Waals surface area contributed by atoms with Crippen LogP contribution in [-0.4, -0.2) is 21.8 Å². The lowest BCUT2D eigenvalue weighted by molar-refractivity contribution is -0.825. The van der Waals surface area contributed by atoms with Gasteiger partial charge in [0.2, 0.25) is 0 Å². The van der Waals surface area contributed by atoms with Crippen molar-refractivity contribution in [2.24, 2.45) is 15.9 Å². The van der Waals surface area contributed by atoms with Crippen LogP contribution in [0.15, 0.2) is 46.9 Å². The largest absolute Gasteiger partial charge is 0.252 e. The summed E-state index contributed by atoms with van der Waals surface area (Å²) in [7, 11) is 0. The number of benzene rings is 2. The predicted octanol–water partition coefficient (Wildman–Crippen LogP) is 4.30. The van der Waals surface area contributed by atoms with Gasteiger partial charge in [-0.25, -0.2) is 10.4 Å². The summed E-state index contributed by atoms with van der Waals surface area (Å²) in [5, 5.41) is 19.5. The molecule has 0 fully saturated rings. The van der Waals surface area contributed by atoms with Crippen LogP contribution in [-0.2, 0) is 25.7 Å². The Morgan fingerprint density at radius 2 is 1.55 bits per heavy atom. The van der Waals surface area contributed by atoms with Crippen LogP contribution in [0.3, 0.4) is 0 Å². The lowest BCUT2D eigenvalue weighted by Crippen LogP contribution is -2.73. The van der Waals surface area contributed by atoms with Crippen LogP contribution in [0.1, 0.15) is 61.8 Å². The molecule has 0 radical (unpaired) electrons. The molecule has 2 aliphatic rings. The summed E-state index contributed by atoms with van der Waals surface area (Å²) in [5.74, 6) is 0.476. The van der Waals surface area contributed by atoms with Crippen LogP contribution in [0.4, 0.5) is 22.7 Å². The number of nitrogens with two attached hydrogens (primary N) is 2. The topological polar surface area (TPSA) is 98.4 Å². The van der Waals surface area contributed by atoms with Crippen molar-refractivity contribution in [3.63, 3.8) is 0 Å². The van der Waals surface area contributed by atoms with Gasteiger partial charge < -0.3 is 0 Å². The third kappa shape index (κ3) is 5.31. The number of rotatable bonds is 9. The molecule has 1 atom stereocenters. The molecule has 0 heterocycles. The Labute approximate surface area is 196 Å². The van der Waals surface area contributed by atoms with Crippen molar-refractivity contribution in [1.29, 1.82) is 0 Å². The van der Waals surface area contributed by atoms with E-state index in [2.05, 4.69) is 44.7 Å². The van der Waals surface area contributed by atoms with Crippen molar-refractivity contribution >= 4 is 34.2 Å². The number of fused-ring (bicyclic) bond motifs is 2. The number of nitrogens with zero attached hydrogens (tertiary/aromatic N) is 2. The molecule has 0 aromatic heterocycles. The Morgan fingerprint density at radius 3 is 2.18 bits per heavy atom. The van der Waals surface area contributed by atoms with E-state index in [0.29, 0.717) is 5.92 Å². The zero-order valence-corrected chi connectivity index (χ0v) is 19.8. The summed E-state index contributed by atoms with van der Waals surface area (Å²) in [5.41, 5.74) is 13.1. The molecule has 6 nitrogen and oxygen atoms in total. The van der Waals surface area contributed by atoms with Crippen molar-refractivity contribution in [2.45, 2.75) is 65.2 Å². The van der Waals surface area contributed by atoms with Gasteiger partial charge in [0.1, 0.15) is 11.4 Å². The summed E-state index contributed by atoms with van der Waals surface area (Å²) >= 11 is 0. The second-order valence-corrected chi connectivity index (χ2v) is 9.32. The second kappa shape index (κ2) is 10.5. The first-order valence-corrected chi connectivity index (χ1v) is 12.0. The fraction of sp³-hybridized carbons (Fsp3) is 0.407. The van der Waals surface area contributed by atoms with Gasteiger partial charge in [0.25, 0.3) is 0 Å². The summed E-state index contributed by atoms with van der Waals surface area (Å²) in [4.78, 5) is 9.71. The average Bonchev–Trinajstić information content (AvgIpc) is 3.42. The Morgan fingerprint density at radius 1 is 0.970 bits per heavy atom. The molecule has 6 N–H and O–H groups in total. The van der Waals surface area contributed by atoms with Gasteiger partial charge in [0.05, 0.1) is 0 Å². The number of hydrogen-bond donors (Lipinski definition) is 4. The molecule has 33 heavy (non-hydrogen) atoms. The molecule has 4 rings (SSSR count). The highest BCUT2D eigenvalue weighted by Gasteiger charge is 2.25. The highest BCUT2D eigenvalue weighted by Crippen LogP contribution is 2.36. The molecule has 0 spiro atoms. The van der Waals surface area contributed by atoms with E-state index in [1.165, 1.54) is 39.6 Å². The maximum absolute atomic E-state index is 9.80. The SMILES string of the molecule is C=CCC(CC)=Nc1cc2c(cc1[NH2+]O)CC(CC(C)=Nc1cc3c(cc1[NH2+]O)CCC3)C2. The Bertz CT molecular complexity index is 1100. The van der Waals surface area contributed by atoms with Crippen LogP contribution >= 0.6 is 0 Å². The molecule has 0 bridgehead atoms. The molecule has 2 aromatic carbocycles. The quantitative estimate of drug-likeness (QED) is 0.199. The van der Waals surface area contributed by atoms with Crippen LogP contribution in [0.5, 0.6) is 0 Å². The van der Waals surface area contributed by atoms with E-state index in [-0.39, 0.29) is 0 Å². The first-order valence-electron chi connectivity index (χ1n) is 12.0. The van der Waals surface area contributed by atoms with Gasteiger partial charge in [-0.1, -0.05) is 13.0 Å². The van der Waals surface area contributed by atoms with Crippen LogP contribution in [0.2, 0.25) is 0 Å². The summed E-state index contributed by atoms with van der Waals surface area (Å²) in [6.07, 6.45) is 9.73. The second-order valence-electron chi connectivity index (χ2n) is 9.32. The standard InChI is InChI=1S/C27H34N4O2/c1-4-7-23(5-2)29-25-15-21-11-18(12-22(21)16-27(25)31-33)10-17(3)28-24-13-19-8-6-9-20(19)14-26(24)30-32/h4,13-16,18,30-33H,1,5-12H2,2-3H3/p+2. The molecule has 0 aliphatic heterocycles. The average molecular weight is 449 g/mol. The number of allylic oxidation sites excluding steroid dienone is 1. The number of quaternary nitrogens is 2. The van der Waals surface area contributed by atoms with Gasteiger partial charge in [0.15, 0.2) is 11.4 Å². The summed E-state index contributed by atoms with van der Waals surface area (Å²) in [6, 6.07) is 8.47. The minimum Gasteiger partial charge on any atom is -0.252 e. The van der Waals surface area contributed by atoms with E-state index >= 15 is 0 Å². The Kier molecular flexibility index (Phi) is 7.50. The molecule has 0 saturated heterocycles. The van der Waals surface area contributed by atoms with Crippen LogP contribution in [0.25, 0.3) is 0 Å². The van der Waals surface area contributed by atoms with Crippen LogP contribution < -0.4 is 11.0 Å². The monoisotopic (exact) mass is 448 g/mol. The van der Waals surface area contributed by atoms with Gasteiger partial charge >= 0.3 is 0 Å². The van der Waals surface area contributed by atoms with E-state index in [9.17, 15) is 10.4 Å². The van der Waals surface area contributed by atoms with E-state index in [1.807, 2.05) is 6.08 Å². The van der Waals surface area contributed by atoms with Crippen LogP contribution in [0, 0.1) is 5.92 Å². The normalized spacial score (nSPS) is 17.9. The highest BCUT2D eigenvalue weighted by molar-refractivity contribution is 5.89. The fourth-order valence-electron chi connectivity index (χ4n) is 5.22. The van der Waals surface area contributed by atoms with Gasteiger partial charge in [-0.2, -0.15) is 11.0 Å². The van der Waals surface area contributed by atoms with E-state index in [0.717, 1.165) is 79.1 Å². The van der Waals surface area contributed by atoms with Crippen molar-refractivity contribution in [3.05, 3.63) is 59.2 Å². The van der Waals surface area contributed by atoms with E-state index < -0.39 is 0 Å². The van der Waals surface area contributed by atoms with Crippen molar-refractivity contribution in [1.82, 2.24) is 0 Å². The minimum absolute atomic E-state index is 0.476. The first-order chi connectivity index (χ1) is 16.0. The third-order valence-electron chi connectivity index (χ3n) is 6.85. The summed E-state index contributed by atoms with van der Waals surface area (Å²) in [6.45, 7) is 8.00. The molecule has 1 unspecified atom stereocenters. The van der Waals surface area contributed by atoms with Gasteiger partial charge in [-0.15, -0.1) is 6.58 Å². The fourth-order valence-corrected chi connectivity index (χ4v) is 5.22. The van der Waals surface area contributed by atoms with Gasteiger partial charge in [0, 0.05) is 30.0 Å². The molecule has 2 aromatic rings. The number of hydrogen-bond acceptors (Lipinski definition) is 4. The highest BCUT2D eigenvalue weighted by atomic mass is 16.5. The maximum atomic E-state index is 9.80. The smallest absolute Gasteiger partial charge is 0.187 e. The lowest BCUT2D eigenvalue weighted by atomic mass is 9.99. The maximum Gasteiger partial charge on any atom is 0.187 e. The molecular weight excluding hydrogens is 412 g/mol. The molecule has 174 valence electrons. The first kappa shape index (κ1) is 23.5. The number of aryl methyl sites for hydroxylation is 2. The summed E-state index contributed by atoms with van der Waals surface area (Å²) < 4.78 is 0. The van der Waals surface area contributed by atoms with Crippen molar-refractivity contribution in [2.75, 3.05) is 0 Å². The molecule has 6 heteroatoms. The Balaban J connectivity index is 1.52. The molecular formula is C27H36N4O2+2. The third-order valence-corrected chi connectivity index (χ3v) is 6.85. The van der Waals surface area contributed by atoms with Gasteiger partial charge in [-0.3, -0.25) is 9.98 Å². The molecule has 0 amide bonds. The minimum atomic E-state index is 0.476. The predicted molar refractivity (Wildman–Crippen MR) is 132 cm³/mol.